The lowest BCUT2D eigenvalue weighted by molar-refractivity contribution is -0.173. The van der Waals surface area contributed by atoms with Gasteiger partial charge in [0, 0.05) is 19.0 Å². The van der Waals surface area contributed by atoms with Gasteiger partial charge in [0.15, 0.2) is 5.60 Å². The highest BCUT2D eigenvalue weighted by atomic mass is 16.6. The van der Waals surface area contributed by atoms with Gasteiger partial charge in [0.1, 0.15) is 0 Å². The third kappa shape index (κ3) is 1.58. The molecule has 1 heterocycles. The number of carbonyl (C=O) groups excluding carboxylic acids is 2. The van der Waals surface area contributed by atoms with Crippen LogP contribution in [-0.4, -0.2) is 36.0 Å². The summed E-state index contributed by atoms with van der Waals surface area (Å²) in [5.74, 6) is -0.235. The Labute approximate surface area is 115 Å². The third-order valence-corrected chi connectivity index (χ3v) is 5.62. The smallest absolute Gasteiger partial charge is 0.313 e. The molecular formula is C15H25NO3. The van der Waals surface area contributed by atoms with Crippen LogP contribution >= 0.6 is 0 Å². The number of carbonyl (C=O) groups is 2. The highest BCUT2D eigenvalue weighted by molar-refractivity contribution is 5.96. The number of rotatable bonds is 4. The van der Waals surface area contributed by atoms with E-state index in [4.69, 9.17) is 4.74 Å². The first-order chi connectivity index (χ1) is 8.73. The molecule has 2 atom stereocenters. The molecule has 19 heavy (non-hydrogen) atoms. The van der Waals surface area contributed by atoms with Crippen LogP contribution in [0.1, 0.15) is 53.4 Å². The van der Waals surface area contributed by atoms with E-state index in [9.17, 15) is 9.59 Å². The van der Waals surface area contributed by atoms with Crippen molar-refractivity contribution in [2.45, 2.75) is 59.0 Å². The standard InChI is InChI=1S/C15H25NO3/c1-6-7-10-16(5)11(17)15-9-8-14(4,12(18)19-15)13(15,2)3/h6-10H2,1-5H3. The Morgan fingerprint density at radius 3 is 2.37 bits per heavy atom. The average Bonchev–Trinajstić information content (AvgIpc) is 2.65. The van der Waals surface area contributed by atoms with Crippen LogP contribution in [-0.2, 0) is 14.3 Å². The van der Waals surface area contributed by atoms with Crippen molar-refractivity contribution in [3.63, 3.8) is 0 Å². The zero-order valence-electron chi connectivity index (χ0n) is 12.7. The van der Waals surface area contributed by atoms with Gasteiger partial charge in [0.05, 0.1) is 5.41 Å². The summed E-state index contributed by atoms with van der Waals surface area (Å²) >= 11 is 0. The molecule has 1 aliphatic heterocycles. The molecule has 0 spiro atoms. The Balaban J connectivity index is 2.29. The molecule has 0 aromatic carbocycles. The van der Waals surface area contributed by atoms with Gasteiger partial charge in [-0.1, -0.05) is 27.2 Å². The number of hydrogen-bond donors (Lipinski definition) is 0. The van der Waals surface area contributed by atoms with E-state index in [1.54, 1.807) is 4.90 Å². The third-order valence-electron chi connectivity index (χ3n) is 5.62. The Morgan fingerprint density at radius 2 is 1.95 bits per heavy atom. The molecular weight excluding hydrogens is 242 g/mol. The molecule has 2 fully saturated rings. The Bertz CT molecular complexity index is 418. The lowest BCUT2D eigenvalue weighted by Gasteiger charge is -2.38. The largest absolute Gasteiger partial charge is 0.448 e. The fourth-order valence-corrected chi connectivity index (χ4v) is 3.53. The SMILES string of the molecule is CCCCN(C)C(=O)C12CCC(C)(C(=O)O1)C2(C)C. The molecule has 0 radical (unpaired) electrons. The molecule has 2 bridgehead atoms. The van der Waals surface area contributed by atoms with E-state index >= 15 is 0 Å². The maximum atomic E-state index is 12.8. The lowest BCUT2D eigenvalue weighted by Crippen LogP contribution is -2.54. The van der Waals surface area contributed by atoms with Gasteiger partial charge in [-0.2, -0.15) is 0 Å². The summed E-state index contributed by atoms with van der Waals surface area (Å²) in [6, 6.07) is 0. The molecule has 1 saturated heterocycles. The van der Waals surface area contributed by atoms with Gasteiger partial charge >= 0.3 is 5.97 Å². The molecule has 1 aliphatic carbocycles. The first kappa shape index (κ1) is 14.4. The molecule has 4 nitrogen and oxygen atoms in total. The van der Waals surface area contributed by atoms with Crippen LogP contribution in [0.4, 0.5) is 0 Å². The molecule has 2 unspecified atom stereocenters. The van der Waals surface area contributed by atoms with Crippen LogP contribution in [0.3, 0.4) is 0 Å². The fourth-order valence-electron chi connectivity index (χ4n) is 3.53. The first-order valence-electron chi connectivity index (χ1n) is 7.22. The number of ether oxygens (including phenoxy) is 1. The van der Waals surface area contributed by atoms with Crippen molar-refractivity contribution < 1.29 is 14.3 Å². The van der Waals surface area contributed by atoms with Crippen LogP contribution < -0.4 is 0 Å². The van der Waals surface area contributed by atoms with Crippen LogP contribution in [0.5, 0.6) is 0 Å². The summed E-state index contributed by atoms with van der Waals surface area (Å²) in [5, 5.41) is 0. The van der Waals surface area contributed by atoms with Crippen molar-refractivity contribution in [1.82, 2.24) is 4.90 Å². The second-order valence-electron chi connectivity index (χ2n) is 6.75. The minimum Gasteiger partial charge on any atom is -0.448 e. The van der Waals surface area contributed by atoms with Gasteiger partial charge in [-0.3, -0.25) is 9.59 Å². The molecule has 108 valence electrons. The van der Waals surface area contributed by atoms with Gasteiger partial charge in [-0.05, 0) is 26.2 Å². The lowest BCUT2D eigenvalue weighted by atomic mass is 9.66. The molecule has 2 aliphatic rings. The number of unbranched alkanes of at least 4 members (excludes halogenated alkanes) is 1. The van der Waals surface area contributed by atoms with Gasteiger partial charge in [-0.15, -0.1) is 0 Å². The van der Waals surface area contributed by atoms with E-state index in [0.29, 0.717) is 6.42 Å². The summed E-state index contributed by atoms with van der Waals surface area (Å²) in [4.78, 5) is 26.6. The number of hydrogen-bond acceptors (Lipinski definition) is 3. The van der Waals surface area contributed by atoms with Gasteiger partial charge in [-0.25, -0.2) is 0 Å². The molecule has 1 saturated carbocycles. The highest BCUT2D eigenvalue weighted by Crippen LogP contribution is 2.65. The maximum Gasteiger partial charge on any atom is 0.313 e. The molecule has 1 amide bonds. The zero-order valence-corrected chi connectivity index (χ0v) is 12.7. The zero-order chi connectivity index (χ0) is 14.5. The minimum absolute atomic E-state index is 0.0273. The van der Waals surface area contributed by atoms with Crippen LogP contribution in [0.25, 0.3) is 0 Å². The summed E-state index contributed by atoms with van der Waals surface area (Å²) in [6.45, 7) is 8.75. The van der Waals surface area contributed by atoms with E-state index in [0.717, 1.165) is 25.8 Å². The van der Waals surface area contributed by atoms with Crippen molar-refractivity contribution in [2.75, 3.05) is 13.6 Å². The van der Waals surface area contributed by atoms with Gasteiger partial charge in [0.2, 0.25) is 0 Å². The first-order valence-corrected chi connectivity index (χ1v) is 7.22. The van der Waals surface area contributed by atoms with Crippen LogP contribution in [0, 0.1) is 10.8 Å². The Hall–Kier alpha value is -1.06. The van der Waals surface area contributed by atoms with Crippen molar-refractivity contribution >= 4 is 11.9 Å². The predicted molar refractivity (Wildman–Crippen MR) is 72.5 cm³/mol. The van der Waals surface area contributed by atoms with Crippen molar-refractivity contribution in [3.8, 4) is 0 Å². The Morgan fingerprint density at radius 1 is 1.32 bits per heavy atom. The number of esters is 1. The highest BCUT2D eigenvalue weighted by Gasteiger charge is 2.75. The van der Waals surface area contributed by atoms with Crippen LogP contribution in [0.15, 0.2) is 0 Å². The normalized spacial score (nSPS) is 35.3. The summed E-state index contributed by atoms with van der Waals surface area (Å²) in [5.41, 5.74) is -1.90. The summed E-state index contributed by atoms with van der Waals surface area (Å²) in [7, 11) is 1.81. The van der Waals surface area contributed by atoms with E-state index < -0.39 is 16.4 Å². The number of amides is 1. The summed E-state index contributed by atoms with van der Waals surface area (Å²) < 4.78 is 5.60. The topological polar surface area (TPSA) is 46.6 Å². The molecule has 0 aromatic rings. The monoisotopic (exact) mass is 267 g/mol. The summed E-state index contributed by atoms with van der Waals surface area (Å²) in [6.07, 6.45) is 3.42. The second-order valence-corrected chi connectivity index (χ2v) is 6.75. The van der Waals surface area contributed by atoms with E-state index in [-0.39, 0.29) is 11.9 Å². The second kappa shape index (κ2) is 4.22. The van der Waals surface area contributed by atoms with Gasteiger partial charge < -0.3 is 9.64 Å². The van der Waals surface area contributed by atoms with Crippen molar-refractivity contribution in [2.24, 2.45) is 10.8 Å². The number of nitrogens with zero attached hydrogens (tertiary/aromatic N) is 1. The number of likely N-dealkylation sites (N-methyl/N-ethyl adjacent to an activating group) is 1. The number of fused-ring (bicyclic) bond motifs is 2. The quantitative estimate of drug-likeness (QED) is 0.735. The van der Waals surface area contributed by atoms with E-state index in [1.807, 2.05) is 27.8 Å². The fraction of sp³-hybridized carbons (Fsp3) is 0.867. The Kier molecular flexibility index (Phi) is 3.19. The van der Waals surface area contributed by atoms with Crippen LogP contribution in [0.2, 0.25) is 0 Å². The molecule has 0 N–H and O–H groups in total. The molecule has 4 heteroatoms. The van der Waals surface area contributed by atoms with E-state index in [2.05, 4.69) is 6.92 Å². The maximum absolute atomic E-state index is 12.8. The average molecular weight is 267 g/mol. The van der Waals surface area contributed by atoms with Crippen molar-refractivity contribution in [1.29, 1.82) is 0 Å². The molecule has 2 rings (SSSR count). The predicted octanol–water partition coefficient (Wildman–Crippen LogP) is 2.37. The van der Waals surface area contributed by atoms with Crippen molar-refractivity contribution in [3.05, 3.63) is 0 Å². The van der Waals surface area contributed by atoms with Gasteiger partial charge in [0.25, 0.3) is 5.91 Å². The minimum atomic E-state index is -0.943. The van der Waals surface area contributed by atoms with E-state index in [1.165, 1.54) is 0 Å². The molecule has 0 aromatic heterocycles.